The van der Waals surface area contributed by atoms with E-state index in [4.69, 9.17) is 16.0 Å². The smallest absolute Gasteiger partial charge is 0.277 e. The number of anilines is 2. The SMILES string of the molecule is CCN1CCN(c2ccc(Cl)cc2NC(=O)CSc2nnc(-c3cccc(Br)c3)o2)CC1. The summed E-state index contributed by atoms with van der Waals surface area (Å²) in [6.45, 7) is 7.04. The van der Waals surface area contributed by atoms with Crippen molar-refractivity contribution >= 4 is 56.6 Å². The number of hydrogen-bond acceptors (Lipinski definition) is 7. The molecule has 2 heterocycles. The lowest BCUT2D eigenvalue weighted by Crippen LogP contribution is -2.46. The highest BCUT2D eigenvalue weighted by Crippen LogP contribution is 2.31. The lowest BCUT2D eigenvalue weighted by molar-refractivity contribution is -0.113. The number of carbonyl (C=O) groups is 1. The Balaban J connectivity index is 1.38. The maximum atomic E-state index is 12.7. The summed E-state index contributed by atoms with van der Waals surface area (Å²) in [4.78, 5) is 17.4. The van der Waals surface area contributed by atoms with Gasteiger partial charge in [-0.05, 0) is 42.9 Å². The number of amides is 1. The first-order valence-corrected chi connectivity index (χ1v) is 12.5. The van der Waals surface area contributed by atoms with Crippen molar-refractivity contribution in [2.45, 2.75) is 12.1 Å². The van der Waals surface area contributed by atoms with E-state index in [1.165, 1.54) is 11.8 Å². The van der Waals surface area contributed by atoms with E-state index in [1.54, 1.807) is 6.07 Å². The van der Waals surface area contributed by atoms with E-state index in [1.807, 2.05) is 36.4 Å². The highest BCUT2D eigenvalue weighted by atomic mass is 79.9. The molecule has 0 unspecified atom stereocenters. The number of aromatic nitrogens is 2. The number of likely N-dealkylation sites (N-methyl/N-ethyl adjacent to an activating group) is 1. The molecule has 1 aliphatic heterocycles. The summed E-state index contributed by atoms with van der Waals surface area (Å²) in [6.07, 6.45) is 0. The third-order valence-corrected chi connectivity index (χ3v) is 6.74. The average Bonchev–Trinajstić information content (AvgIpc) is 3.27. The number of hydrogen-bond donors (Lipinski definition) is 1. The number of thioether (sulfide) groups is 1. The Labute approximate surface area is 204 Å². The normalized spacial score (nSPS) is 14.5. The van der Waals surface area contributed by atoms with Gasteiger partial charge in [0.25, 0.3) is 5.22 Å². The van der Waals surface area contributed by atoms with Gasteiger partial charge in [-0.2, -0.15) is 0 Å². The van der Waals surface area contributed by atoms with Gasteiger partial charge in [-0.15, -0.1) is 10.2 Å². The first-order valence-electron chi connectivity index (χ1n) is 10.3. The highest BCUT2D eigenvalue weighted by Gasteiger charge is 2.20. The van der Waals surface area contributed by atoms with Crippen LogP contribution in [0.15, 0.2) is 56.6 Å². The Bertz CT molecular complexity index is 1090. The third-order valence-electron chi connectivity index (χ3n) is 5.20. The molecule has 0 radical (unpaired) electrons. The second kappa shape index (κ2) is 10.7. The number of benzene rings is 2. The lowest BCUT2D eigenvalue weighted by atomic mass is 10.2. The molecule has 0 spiro atoms. The van der Waals surface area contributed by atoms with Crippen LogP contribution in [0, 0.1) is 0 Å². The van der Waals surface area contributed by atoms with Crippen LogP contribution in [-0.2, 0) is 4.79 Å². The quantitative estimate of drug-likeness (QED) is 0.425. The molecule has 1 aromatic heterocycles. The fraction of sp³-hybridized carbons (Fsp3) is 0.318. The zero-order chi connectivity index (χ0) is 22.5. The fourth-order valence-corrected chi connectivity index (χ4v) is 4.64. The van der Waals surface area contributed by atoms with Crippen molar-refractivity contribution in [3.63, 3.8) is 0 Å². The van der Waals surface area contributed by atoms with Gasteiger partial charge in [-0.25, -0.2) is 0 Å². The van der Waals surface area contributed by atoms with Crippen LogP contribution in [0.3, 0.4) is 0 Å². The average molecular weight is 537 g/mol. The molecular weight excluding hydrogens is 514 g/mol. The van der Waals surface area contributed by atoms with Crippen LogP contribution in [0.1, 0.15) is 6.92 Å². The van der Waals surface area contributed by atoms with Crippen molar-refractivity contribution in [2.75, 3.05) is 48.7 Å². The third kappa shape index (κ3) is 5.83. The van der Waals surface area contributed by atoms with Gasteiger partial charge in [-0.1, -0.05) is 52.3 Å². The Kier molecular flexibility index (Phi) is 7.72. The summed E-state index contributed by atoms with van der Waals surface area (Å²) < 4.78 is 6.62. The molecule has 1 saturated heterocycles. The van der Waals surface area contributed by atoms with E-state index in [0.717, 1.165) is 48.4 Å². The molecule has 1 N–H and O–H groups in total. The standard InChI is InChI=1S/C22H23BrClN5O2S/c1-2-28-8-10-29(11-9-28)19-7-6-17(24)13-18(19)25-20(30)14-32-22-27-26-21(31-22)15-4-3-5-16(23)12-15/h3-7,12-13H,2,8-11,14H2,1H3,(H,25,30). The Hall–Kier alpha value is -2.07. The Morgan fingerprint density at radius 2 is 2.00 bits per heavy atom. The number of piperazine rings is 1. The van der Waals surface area contributed by atoms with E-state index >= 15 is 0 Å². The van der Waals surface area contributed by atoms with Crippen LogP contribution >= 0.6 is 39.3 Å². The van der Waals surface area contributed by atoms with E-state index < -0.39 is 0 Å². The predicted octanol–water partition coefficient (Wildman–Crippen LogP) is 5.03. The molecule has 10 heteroatoms. The molecule has 7 nitrogen and oxygen atoms in total. The number of rotatable bonds is 7. The maximum Gasteiger partial charge on any atom is 0.277 e. The van der Waals surface area contributed by atoms with E-state index in [9.17, 15) is 4.79 Å². The van der Waals surface area contributed by atoms with Crippen LogP contribution in [0.2, 0.25) is 5.02 Å². The van der Waals surface area contributed by atoms with E-state index in [-0.39, 0.29) is 11.7 Å². The molecule has 168 valence electrons. The minimum absolute atomic E-state index is 0.148. The zero-order valence-corrected chi connectivity index (χ0v) is 20.7. The van der Waals surface area contributed by atoms with Gasteiger partial charge < -0.3 is 19.5 Å². The lowest BCUT2D eigenvalue weighted by Gasteiger charge is -2.36. The zero-order valence-electron chi connectivity index (χ0n) is 17.6. The summed E-state index contributed by atoms with van der Waals surface area (Å²) in [5, 5.41) is 12.0. The molecule has 4 rings (SSSR count). The van der Waals surface area contributed by atoms with Crippen molar-refractivity contribution in [3.05, 3.63) is 52.0 Å². The predicted molar refractivity (Wildman–Crippen MR) is 133 cm³/mol. The minimum Gasteiger partial charge on any atom is -0.411 e. The Morgan fingerprint density at radius 1 is 1.19 bits per heavy atom. The largest absolute Gasteiger partial charge is 0.411 e. The molecule has 0 saturated carbocycles. The van der Waals surface area contributed by atoms with Gasteiger partial charge in [-0.3, -0.25) is 4.79 Å². The molecular formula is C22H23BrClN5O2S. The summed E-state index contributed by atoms with van der Waals surface area (Å²) in [6, 6.07) is 13.2. The van der Waals surface area contributed by atoms with Crippen LogP contribution < -0.4 is 10.2 Å². The van der Waals surface area contributed by atoms with Gasteiger partial charge in [0.05, 0.1) is 17.1 Å². The molecule has 1 amide bonds. The molecule has 0 atom stereocenters. The number of carbonyl (C=O) groups excluding carboxylic acids is 1. The van der Waals surface area contributed by atoms with Gasteiger partial charge in [0.2, 0.25) is 11.8 Å². The summed E-state index contributed by atoms with van der Waals surface area (Å²) >= 11 is 10.8. The van der Waals surface area contributed by atoms with Crippen LogP contribution in [0.5, 0.6) is 0 Å². The number of halogens is 2. The molecule has 1 fully saturated rings. The van der Waals surface area contributed by atoms with Gasteiger partial charge in [0, 0.05) is 41.2 Å². The van der Waals surface area contributed by atoms with Crippen molar-refractivity contribution in [3.8, 4) is 11.5 Å². The van der Waals surface area contributed by atoms with E-state index in [2.05, 4.69) is 48.2 Å². The summed E-state index contributed by atoms with van der Waals surface area (Å²) in [5.41, 5.74) is 2.52. The molecule has 32 heavy (non-hydrogen) atoms. The second-order valence-corrected chi connectivity index (χ2v) is 9.58. The van der Waals surface area contributed by atoms with Crippen molar-refractivity contribution < 1.29 is 9.21 Å². The molecule has 0 bridgehead atoms. The van der Waals surface area contributed by atoms with Gasteiger partial charge in [0.15, 0.2) is 0 Å². The first-order chi connectivity index (χ1) is 15.5. The molecule has 2 aromatic carbocycles. The van der Waals surface area contributed by atoms with Crippen molar-refractivity contribution in [1.29, 1.82) is 0 Å². The minimum atomic E-state index is -0.159. The molecule has 1 aliphatic rings. The maximum absolute atomic E-state index is 12.7. The Morgan fingerprint density at radius 3 is 2.75 bits per heavy atom. The second-order valence-electron chi connectivity index (χ2n) is 7.30. The molecule has 0 aliphatic carbocycles. The number of nitrogens with zero attached hydrogens (tertiary/aromatic N) is 4. The number of nitrogens with one attached hydrogen (secondary N) is 1. The molecule has 3 aromatic rings. The van der Waals surface area contributed by atoms with Gasteiger partial charge in [0.1, 0.15) is 0 Å². The fourth-order valence-electron chi connectivity index (χ4n) is 3.51. The van der Waals surface area contributed by atoms with Crippen LogP contribution in [0.25, 0.3) is 11.5 Å². The highest BCUT2D eigenvalue weighted by molar-refractivity contribution is 9.10. The summed E-state index contributed by atoms with van der Waals surface area (Å²) in [7, 11) is 0. The topological polar surface area (TPSA) is 74.5 Å². The van der Waals surface area contributed by atoms with Gasteiger partial charge >= 0.3 is 0 Å². The van der Waals surface area contributed by atoms with Crippen molar-refractivity contribution in [1.82, 2.24) is 15.1 Å². The van der Waals surface area contributed by atoms with Crippen LogP contribution in [-0.4, -0.2) is 59.5 Å². The summed E-state index contributed by atoms with van der Waals surface area (Å²) in [5.74, 6) is 0.404. The van der Waals surface area contributed by atoms with E-state index in [0.29, 0.717) is 21.8 Å². The van der Waals surface area contributed by atoms with Crippen LogP contribution in [0.4, 0.5) is 11.4 Å². The van der Waals surface area contributed by atoms with Crippen molar-refractivity contribution in [2.24, 2.45) is 0 Å². The monoisotopic (exact) mass is 535 g/mol. The first kappa shape index (κ1) is 23.1.